The Morgan fingerprint density at radius 1 is 0.837 bits per heavy atom. The molecule has 0 aliphatic carbocycles. The van der Waals surface area contributed by atoms with Crippen molar-refractivity contribution in [1.29, 1.82) is 0 Å². The van der Waals surface area contributed by atoms with E-state index in [1.54, 1.807) is 30.3 Å². The summed E-state index contributed by atoms with van der Waals surface area (Å²) in [5, 5.41) is 3.09. The minimum Gasteiger partial charge on any atom is -0.454 e. The molecule has 4 atom stereocenters. The van der Waals surface area contributed by atoms with Crippen LogP contribution in [0.3, 0.4) is 0 Å². The maximum Gasteiger partial charge on any atom is 0.238 e. The Balaban J connectivity index is 1.43. The van der Waals surface area contributed by atoms with Crippen LogP contribution in [-0.4, -0.2) is 36.4 Å². The summed E-state index contributed by atoms with van der Waals surface area (Å²) in [5.41, 5.74) is 4.76. The van der Waals surface area contributed by atoms with Gasteiger partial charge in [0, 0.05) is 28.1 Å². The van der Waals surface area contributed by atoms with Crippen LogP contribution in [0.4, 0.5) is 11.4 Å². The van der Waals surface area contributed by atoms with Crippen LogP contribution in [0.25, 0.3) is 5.57 Å². The van der Waals surface area contributed by atoms with E-state index in [0.29, 0.717) is 28.3 Å². The van der Waals surface area contributed by atoms with Gasteiger partial charge in [-0.15, -0.1) is 0 Å². The second-order valence-electron chi connectivity index (χ2n) is 11.7. The maximum absolute atomic E-state index is 15.0. The van der Waals surface area contributed by atoms with Crippen LogP contribution in [-0.2, 0) is 10.2 Å². The van der Waals surface area contributed by atoms with Gasteiger partial charge in [0.2, 0.25) is 12.7 Å². The second-order valence-corrected chi connectivity index (χ2v) is 11.7. The molecule has 4 aromatic carbocycles. The molecule has 1 amide bonds. The highest BCUT2D eigenvalue weighted by atomic mass is 16.7. The first-order chi connectivity index (χ1) is 20.9. The Labute approximate surface area is 248 Å². The molecule has 1 saturated heterocycles. The van der Waals surface area contributed by atoms with Gasteiger partial charge in [0.15, 0.2) is 23.1 Å². The van der Waals surface area contributed by atoms with Gasteiger partial charge in [-0.3, -0.25) is 14.4 Å². The molecule has 4 aliphatic heterocycles. The van der Waals surface area contributed by atoms with Gasteiger partial charge in [-0.2, -0.15) is 0 Å². The number of fused-ring (bicyclic) bond motifs is 7. The van der Waals surface area contributed by atoms with Crippen molar-refractivity contribution in [3.63, 3.8) is 0 Å². The Morgan fingerprint density at radius 2 is 1.60 bits per heavy atom. The summed E-state index contributed by atoms with van der Waals surface area (Å²) in [6.45, 7) is 4.13. The van der Waals surface area contributed by atoms with E-state index in [1.807, 2.05) is 73.3 Å². The third kappa shape index (κ3) is 3.45. The fourth-order valence-electron chi connectivity index (χ4n) is 7.55. The first-order valence-electron chi connectivity index (χ1n) is 14.4. The molecule has 212 valence electrons. The number of anilines is 2. The molecular formula is C36H28N2O5. The lowest BCUT2D eigenvalue weighted by atomic mass is 9.64. The summed E-state index contributed by atoms with van der Waals surface area (Å²) in [4.78, 5) is 46.4. The average molecular weight is 569 g/mol. The van der Waals surface area contributed by atoms with E-state index in [-0.39, 0.29) is 24.3 Å². The van der Waals surface area contributed by atoms with Gasteiger partial charge < -0.3 is 19.7 Å². The van der Waals surface area contributed by atoms with E-state index >= 15 is 4.79 Å². The molecule has 0 saturated carbocycles. The van der Waals surface area contributed by atoms with Crippen LogP contribution in [0.15, 0.2) is 97.1 Å². The van der Waals surface area contributed by atoms with Crippen LogP contribution in [0.1, 0.15) is 44.3 Å². The lowest BCUT2D eigenvalue weighted by Gasteiger charge is -2.39. The van der Waals surface area contributed by atoms with Crippen molar-refractivity contribution in [2.24, 2.45) is 5.92 Å². The number of benzene rings is 4. The first kappa shape index (κ1) is 25.5. The highest BCUT2D eigenvalue weighted by Crippen LogP contribution is 2.59. The number of carbonyl (C=O) groups is 3. The van der Waals surface area contributed by atoms with Gasteiger partial charge in [-0.1, -0.05) is 66.2 Å². The molecule has 8 rings (SSSR count). The van der Waals surface area contributed by atoms with Crippen LogP contribution in [0.5, 0.6) is 11.5 Å². The van der Waals surface area contributed by atoms with Gasteiger partial charge in [0.1, 0.15) is 11.5 Å². The number of nitrogens with zero attached hydrogens (tertiary/aromatic N) is 1. The van der Waals surface area contributed by atoms with Crippen molar-refractivity contribution in [1.82, 2.24) is 0 Å². The minimum absolute atomic E-state index is 0.0708. The smallest absolute Gasteiger partial charge is 0.238 e. The number of ether oxygens (including phenoxy) is 2. The Kier molecular flexibility index (Phi) is 5.44. The van der Waals surface area contributed by atoms with Gasteiger partial charge >= 0.3 is 0 Å². The molecular weight excluding hydrogens is 540 g/mol. The fourth-order valence-corrected chi connectivity index (χ4v) is 7.55. The first-order valence-corrected chi connectivity index (χ1v) is 14.4. The van der Waals surface area contributed by atoms with Crippen molar-refractivity contribution < 1.29 is 23.9 Å². The van der Waals surface area contributed by atoms with Crippen molar-refractivity contribution in [3.05, 3.63) is 125 Å². The fraction of sp³-hybridized carbons (Fsp3) is 0.194. The number of para-hydroxylation sites is 1. The number of amides is 1. The summed E-state index contributed by atoms with van der Waals surface area (Å²) >= 11 is 0. The molecule has 0 bridgehead atoms. The van der Waals surface area contributed by atoms with Crippen molar-refractivity contribution in [3.8, 4) is 11.5 Å². The normalized spacial score (nSPS) is 24.2. The number of ketones is 2. The molecule has 0 unspecified atom stereocenters. The van der Waals surface area contributed by atoms with E-state index in [4.69, 9.17) is 9.47 Å². The maximum atomic E-state index is 15.0. The molecule has 4 aromatic rings. The number of carbonyl (C=O) groups excluding carboxylic acids is 3. The molecule has 0 aromatic heterocycles. The number of nitrogens with one attached hydrogen (secondary N) is 1. The zero-order valence-electron chi connectivity index (χ0n) is 23.7. The van der Waals surface area contributed by atoms with Gasteiger partial charge in [0.05, 0.1) is 12.0 Å². The van der Waals surface area contributed by atoms with Gasteiger partial charge in [-0.05, 0) is 61.4 Å². The molecule has 7 heteroatoms. The topological polar surface area (TPSA) is 84.9 Å². The minimum atomic E-state index is -1.37. The molecule has 1 N–H and O–H groups in total. The lowest BCUT2D eigenvalue weighted by molar-refractivity contribution is -0.121. The third-order valence-corrected chi connectivity index (χ3v) is 9.40. The summed E-state index contributed by atoms with van der Waals surface area (Å²) in [6.07, 6.45) is 2.07. The van der Waals surface area contributed by atoms with Gasteiger partial charge in [0.25, 0.3) is 0 Å². The standard InChI is InChI=1S/C36H28N2O5/c1-20-12-14-27-24(16-20)21(2)17-30-36(25-10-6-7-11-26(25)37-35(36)41)31(32(38(27)30)34(40)22-8-4-3-5-9-22)33(39)23-13-15-28-29(18-23)43-19-42-28/h3-18,30-32H,19H2,1-2H3,(H,37,41)/t30-,31+,32+,36-/m1/s1. The quantitative estimate of drug-likeness (QED) is 0.306. The number of hydrogen-bond donors (Lipinski definition) is 1. The van der Waals surface area contributed by atoms with Crippen LogP contribution in [0, 0.1) is 12.8 Å². The predicted octanol–water partition coefficient (Wildman–Crippen LogP) is 5.97. The number of aryl methyl sites for hydroxylation is 1. The van der Waals surface area contributed by atoms with E-state index < -0.39 is 23.4 Å². The van der Waals surface area contributed by atoms with E-state index in [0.717, 1.165) is 28.0 Å². The van der Waals surface area contributed by atoms with Crippen LogP contribution >= 0.6 is 0 Å². The molecule has 4 heterocycles. The Hall–Kier alpha value is -5.17. The average Bonchev–Trinajstić information content (AvgIpc) is 3.70. The summed E-state index contributed by atoms with van der Waals surface area (Å²) < 4.78 is 11.1. The molecule has 4 aliphatic rings. The van der Waals surface area contributed by atoms with Gasteiger partial charge in [-0.25, -0.2) is 0 Å². The zero-order chi connectivity index (χ0) is 29.5. The highest BCUT2D eigenvalue weighted by Gasteiger charge is 2.70. The Bertz CT molecular complexity index is 1900. The number of Topliss-reactive ketones (excluding diaryl/α,β-unsaturated/α-hetero) is 2. The van der Waals surface area contributed by atoms with E-state index in [1.165, 1.54) is 0 Å². The zero-order valence-corrected chi connectivity index (χ0v) is 23.7. The van der Waals surface area contributed by atoms with E-state index in [2.05, 4.69) is 17.5 Å². The second kappa shape index (κ2) is 9.16. The van der Waals surface area contributed by atoms with Crippen LogP contribution < -0.4 is 19.7 Å². The van der Waals surface area contributed by atoms with Crippen LogP contribution in [0.2, 0.25) is 0 Å². The summed E-state index contributed by atoms with van der Waals surface area (Å²) in [5.74, 6) is -0.823. The molecule has 0 radical (unpaired) electrons. The summed E-state index contributed by atoms with van der Waals surface area (Å²) in [7, 11) is 0. The number of allylic oxidation sites excluding steroid dienone is 1. The highest BCUT2D eigenvalue weighted by molar-refractivity contribution is 6.18. The van der Waals surface area contributed by atoms with Crippen molar-refractivity contribution in [2.75, 3.05) is 17.0 Å². The predicted molar refractivity (Wildman–Crippen MR) is 163 cm³/mol. The van der Waals surface area contributed by atoms with Crippen molar-refractivity contribution in [2.45, 2.75) is 31.3 Å². The lowest BCUT2D eigenvalue weighted by Crippen LogP contribution is -2.51. The SMILES string of the molecule is CC1=C[C@H]2N(c3ccc(C)cc31)[C@H](C(=O)c1ccccc1)[C@@H](C(=O)c1ccc3c(c1)OCO3)[C@]21C(=O)Nc2ccccc21. The molecule has 1 spiro atoms. The van der Waals surface area contributed by atoms with E-state index in [9.17, 15) is 9.59 Å². The Morgan fingerprint density at radius 3 is 2.44 bits per heavy atom. The largest absolute Gasteiger partial charge is 0.454 e. The molecule has 43 heavy (non-hydrogen) atoms. The van der Waals surface area contributed by atoms with Crippen molar-refractivity contribution >= 4 is 34.4 Å². The third-order valence-electron chi connectivity index (χ3n) is 9.40. The summed E-state index contributed by atoms with van der Waals surface area (Å²) in [6, 6.07) is 26.2. The number of hydrogen-bond acceptors (Lipinski definition) is 6. The number of rotatable bonds is 4. The molecule has 1 fully saturated rings. The monoisotopic (exact) mass is 568 g/mol. The molecule has 7 nitrogen and oxygen atoms in total.